The number of aromatic nitrogens is 1. The lowest BCUT2D eigenvalue weighted by Gasteiger charge is -2.14. The van der Waals surface area contributed by atoms with Gasteiger partial charge in [0.05, 0.1) is 29.0 Å². The quantitative estimate of drug-likeness (QED) is 0.388. The number of nitrogens with one attached hydrogen (secondary N) is 1. The first kappa shape index (κ1) is 22.0. The van der Waals surface area contributed by atoms with Crippen LogP contribution in [-0.2, 0) is 4.79 Å². The summed E-state index contributed by atoms with van der Waals surface area (Å²) in [5, 5.41) is 12.0. The standard InChI is InChI=1S/C24H18FN3O4S/c1-14(23(29)28-24-27-20-9-8-18(30-2)12-22(20)33-24)31-16-4-6-17(7-5-16)32-21-10-3-15(13-26)11-19(21)25/h3-12,14H,1-2H3,(H,27,28,29)/t14-/m1/s1. The monoisotopic (exact) mass is 463 g/mol. The highest BCUT2D eigenvalue weighted by molar-refractivity contribution is 7.22. The Morgan fingerprint density at radius 1 is 1.09 bits per heavy atom. The van der Waals surface area contributed by atoms with Crippen molar-refractivity contribution in [2.75, 3.05) is 12.4 Å². The number of hydrogen-bond acceptors (Lipinski definition) is 7. The Labute approximate surface area is 193 Å². The maximum atomic E-state index is 14.0. The minimum absolute atomic E-state index is 0.00358. The largest absolute Gasteiger partial charge is 0.497 e. The number of benzene rings is 3. The Morgan fingerprint density at radius 3 is 2.52 bits per heavy atom. The zero-order valence-corrected chi connectivity index (χ0v) is 18.5. The van der Waals surface area contributed by atoms with E-state index in [-0.39, 0.29) is 17.2 Å². The van der Waals surface area contributed by atoms with E-state index in [1.54, 1.807) is 38.3 Å². The van der Waals surface area contributed by atoms with Crippen molar-refractivity contribution in [2.45, 2.75) is 13.0 Å². The number of rotatable bonds is 7. The number of hydrogen-bond donors (Lipinski definition) is 1. The van der Waals surface area contributed by atoms with Gasteiger partial charge in [-0.1, -0.05) is 11.3 Å². The minimum atomic E-state index is -0.783. The van der Waals surface area contributed by atoms with E-state index in [9.17, 15) is 9.18 Å². The van der Waals surface area contributed by atoms with E-state index in [1.165, 1.54) is 23.5 Å². The van der Waals surface area contributed by atoms with Crippen LogP contribution in [0, 0.1) is 17.1 Å². The Kier molecular flexibility index (Phi) is 6.38. The summed E-state index contributed by atoms with van der Waals surface area (Å²) in [5.74, 6) is 0.570. The Bertz CT molecular complexity index is 1350. The molecule has 0 spiro atoms. The van der Waals surface area contributed by atoms with Crippen molar-refractivity contribution in [1.29, 1.82) is 5.26 Å². The molecule has 0 unspecified atom stereocenters. The lowest BCUT2D eigenvalue weighted by molar-refractivity contribution is -0.122. The number of anilines is 1. The third-order valence-corrected chi connectivity index (χ3v) is 5.55. The maximum Gasteiger partial charge on any atom is 0.266 e. The van der Waals surface area contributed by atoms with Crippen LogP contribution in [0.2, 0.25) is 0 Å². The maximum absolute atomic E-state index is 14.0. The molecule has 0 saturated carbocycles. The van der Waals surface area contributed by atoms with E-state index in [1.807, 2.05) is 24.3 Å². The van der Waals surface area contributed by atoms with Gasteiger partial charge in [0.15, 0.2) is 22.8 Å². The second kappa shape index (κ2) is 9.54. The third-order valence-electron chi connectivity index (χ3n) is 4.62. The second-order valence-electron chi connectivity index (χ2n) is 6.93. The minimum Gasteiger partial charge on any atom is -0.497 e. The summed E-state index contributed by atoms with van der Waals surface area (Å²) in [4.78, 5) is 16.9. The molecule has 1 N–H and O–H groups in total. The number of nitrogens with zero attached hydrogens (tertiary/aromatic N) is 2. The lowest BCUT2D eigenvalue weighted by Crippen LogP contribution is -2.30. The van der Waals surface area contributed by atoms with E-state index in [2.05, 4.69) is 10.3 Å². The van der Waals surface area contributed by atoms with Crippen molar-refractivity contribution in [1.82, 2.24) is 4.98 Å². The molecule has 0 aliphatic rings. The van der Waals surface area contributed by atoms with Crippen LogP contribution in [0.3, 0.4) is 0 Å². The summed E-state index contributed by atoms with van der Waals surface area (Å²) in [7, 11) is 1.59. The van der Waals surface area contributed by atoms with Gasteiger partial charge in [-0.05, 0) is 67.6 Å². The lowest BCUT2D eigenvalue weighted by atomic mass is 10.2. The molecule has 0 fully saturated rings. The van der Waals surface area contributed by atoms with Crippen molar-refractivity contribution in [3.05, 3.63) is 72.0 Å². The average Bonchev–Trinajstić information content (AvgIpc) is 3.22. The molecule has 4 rings (SSSR count). The van der Waals surface area contributed by atoms with E-state index in [0.29, 0.717) is 16.6 Å². The van der Waals surface area contributed by atoms with E-state index >= 15 is 0 Å². The van der Waals surface area contributed by atoms with Crippen LogP contribution in [0.25, 0.3) is 10.2 Å². The summed E-state index contributed by atoms with van der Waals surface area (Å²) in [6, 6.07) is 17.8. The molecule has 9 heteroatoms. The number of thiazole rings is 1. The molecule has 7 nitrogen and oxygen atoms in total. The van der Waals surface area contributed by atoms with Gasteiger partial charge in [-0.2, -0.15) is 5.26 Å². The van der Waals surface area contributed by atoms with Gasteiger partial charge < -0.3 is 14.2 Å². The van der Waals surface area contributed by atoms with Crippen molar-refractivity contribution < 1.29 is 23.4 Å². The Hall–Kier alpha value is -4.16. The molecule has 3 aromatic carbocycles. The fourth-order valence-corrected chi connectivity index (χ4v) is 3.81. The predicted octanol–water partition coefficient (Wildman–Crippen LogP) is 5.51. The normalized spacial score (nSPS) is 11.5. The van der Waals surface area contributed by atoms with Gasteiger partial charge in [0, 0.05) is 0 Å². The van der Waals surface area contributed by atoms with Gasteiger partial charge in [0.25, 0.3) is 5.91 Å². The summed E-state index contributed by atoms with van der Waals surface area (Å²) in [6.07, 6.45) is -0.783. The molecule has 0 aliphatic carbocycles. The van der Waals surface area contributed by atoms with Crippen molar-refractivity contribution >= 4 is 32.6 Å². The highest BCUT2D eigenvalue weighted by Crippen LogP contribution is 2.30. The fraction of sp³-hybridized carbons (Fsp3) is 0.125. The average molecular weight is 463 g/mol. The second-order valence-corrected chi connectivity index (χ2v) is 7.96. The molecule has 0 saturated heterocycles. The van der Waals surface area contributed by atoms with Gasteiger partial charge in [0.1, 0.15) is 17.2 Å². The number of ether oxygens (including phenoxy) is 3. The van der Waals surface area contributed by atoms with Crippen molar-refractivity contribution in [3.63, 3.8) is 0 Å². The van der Waals surface area contributed by atoms with Crippen LogP contribution in [0.15, 0.2) is 60.7 Å². The number of amides is 1. The summed E-state index contributed by atoms with van der Waals surface area (Å²) < 4.78 is 31.3. The van der Waals surface area contributed by atoms with Crippen LogP contribution in [0.4, 0.5) is 9.52 Å². The van der Waals surface area contributed by atoms with E-state index in [0.717, 1.165) is 22.0 Å². The molecule has 1 aromatic heterocycles. The zero-order valence-electron chi connectivity index (χ0n) is 17.7. The number of fused-ring (bicyclic) bond motifs is 1. The van der Waals surface area contributed by atoms with E-state index in [4.69, 9.17) is 19.5 Å². The molecule has 1 heterocycles. The molecule has 1 amide bonds. The molecule has 0 radical (unpaired) electrons. The number of carbonyl (C=O) groups is 1. The Balaban J connectivity index is 1.36. The molecule has 0 aliphatic heterocycles. The summed E-state index contributed by atoms with van der Waals surface area (Å²) in [5.41, 5.74) is 0.973. The van der Waals surface area contributed by atoms with Gasteiger partial charge in [-0.25, -0.2) is 9.37 Å². The van der Waals surface area contributed by atoms with Crippen LogP contribution < -0.4 is 19.5 Å². The number of nitriles is 1. The molecule has 1 atom stereocenters. The van der Waals surface area contributed by atoms with Crippen molar-refractivity contribution in [2.24, 2.45) is 0 Å². The molecule has 0 bridgehead atoms. The molecule has 33 heavy (non-hydrogen) atoms. The first-order valence-electron chi connectivity index (χ1n) is 9.85. The predicted molar refractivity (Wildman–Crippen MR) is 123 cm³/mol. The van der Waals surface area contributed by atoms with Gasteiger partial charge in [-0.15, -0.1) is 0 Å². The van der Waals surface area contributed by atoms with Gasteiger partial charge >= 0.3 is 0 Å². The highest BCUT2D eigenvalue weighted by atomic mass is 32.1. The van der Waals surface area contributed by atoms with Gasteiger partial charge in [-0.3, -0.25) is 10.1 Å². The van der Waals surface area contributed by atoms with E-state index < -0.39 is 11.9 Å². The number of halogens is 1. The molecular formula is C24H18FN3O4S. The fourth-order valence-electron chi connectivity index (χ4n) is 2.92. The molecule has 4 aromatic rings. The Morgan fingerprint density at radius 2 is 1.82 bits per heavy atom. The zero-order chi connectivity index (χ0) is 23.4. The van der Waals surface area contributed by atoms with Crippen LogP contribution in [0.5, 0.6) is 23.0 Å². The summed E-state index contributed by atoms with van der Waals surface area (Å²) >= 11 is 1.34. The van der Waals surface area contributed by atoms with Crippen LogP contribution >= 0.6 is 11.3 Å². The summed E-state index contributed by atoms with van der Waals surface area (Å²) in [6.45, 7) is 1.63. The first-order valence-corrected chi connectivity index (χ1v) is 10.7. The highest BCUT2D eigenvalue weighted by Gasteiger charge is 2.17. The molecular weight excluding hydrogens is 445 g/mol. The van der Waals surface area contributed by atoms with Gasteiger partial charge in [0.2, 0.25) is 0 Å². The number of carbonyl (C=O) groups excluding carboxylic acids is 1. The van der Waals surface area contributed by atoms with Crippen molar-refractivity contribution in [3.8, 4) is 29.1 Å². The van der Waals surface area contributed by atoms with Crippen LogP contribution in [0.1, 0.15) is 12.5 Å². The smallest absolute Gasteiger partial charge is 0.266 e. The van der Waals surface area contributed by atoms with Crippen LogP contribution in [-0.4, -0.2) is 24.1 Å². The number of methoxy groups -OCH3 is 1. The first-order chi connectivity index (χ1) is 15.9. The molecule has 166 valence electrons. The third kappa shape index (κ3) is 5.19. The topological polar surface area (TPSA) is 93.5 Å². The SMILES string of the molecule is COc1ccc2nc(NC(=O)[C@@H](C)Oc3ccc(Oc4ccc(C#N)cc4F)cc3)sc2c1.